The molecule has 0 aromatic heterocycles. The second-order valence-corrected chi connectivity index (χ2v) is 5.25. The number of fused-ring (bicyclic) bond motifs is 1. The Morgan fingerprint density at radius 3 is 2.87 bits per heavy atom. The van der Waals surface area contributed by atoms with Crippen molar-refractivity contribution in [2.24, 2.45) is 0 Å². The summed E-state index contributed by atoms with van der Waals surface area (Å²) in [6.07, 6.45) is 0.932. The van der Waals surface area contributed by atoms with E-state index in [0.717, 1.165) is 6.42 Å². The van der Waals surface area contributed by atoms with E-state index < -0.39 is 16.8 Å². The molecule has 1 aliphatic carbocycles. The predicted octanol–water partition coefficient (Wildman–Crippen LogP) is 1.16. The first-order chi connectivity index (χ1) is 7.16. The monoisotopic (exact) mass is 224 g/mol. The van der Waals surface area contributed by atoms with Crippen LogP contribution in [0.2, 0.25) is 0 Å². The molecule has 1 aliphatic rings. The van der Waals surface area contributed by atoms with Crippen LogP contribution < -0.4 is 0 Å². The summed E-state index contributed by atoms with van der Waals surface area (Å²) in [5.41, 5.74) is 2.53. The number of hydrogen-bond acceptors (Lipinski definition) is 2. The van der Waals surface area contributed by atoms with E-state index in [2.05, 4.69) is 6.07 Å². The molecule has 4 heteroatoms. The average molecular weight is 224 g/mol. The lowest BCUT2D eigenvalue weighted by Crippen LogP contribution is -2.25. The molecule has 15 heavy (non-hydrogen) atoms. The van der Waals surface area contributed by atoms with Gasteiger partial charge in [-0.1, -0.05) is 24.3 Å². The second-order valence-electron chi connectivity index (χ2n) is 3.74. The quantitative estimate of drug-likeness (QED) is 0.835. The summed E-state index contributed by atoms with van der Waals surface area (Å²) in [5.74, 6) is -0.454. The molecule has 0 fully saturated rings. The maximum Gasteiger partial charge on any atom is 0.316 e. The Hall–Kier alpha value is -1.16. The third-order valence-electron chi connectivity index (χ3n) is 2.63. The molecule has 1 N–H and O–H groups in total. The van der Waals surface area contributed by atoms with Crippen molar-refractivity contribution in [3.05, 3.63) is 35.4 Å². The van der Waals surface area contributed by atoms with Gasteiger partial charge in [0.1, 0.15) is 5.75 Å². The van der Waals surface area contributed by atoms with Gasteiger partial charge in [-0.15, -0.1) is 0 Å². The third-order valence-corrected chi connectivity index (χ3v) is 3.98. The SMILES string of the molecule is O=C(O)CS(=O)CC1Cc2ccccc21. The van der Waals surface area contributed by atoms with Gasteiger partial charge in [-0.05, 0) is 23.5 Å². The summed E-state index contributed by atoms with van der Waals surface area (Å²) in [5, 5.41) is 8.49. The maximum absolute atomic E-state index is 11.4. The van der Waals surface area contributed by atoms with Gasteiger partial charge in [-0.3, -0.25) is 9.00 Å². The van der Waals surface area contributed by atoms with Gasteiger partial charge in [0, 0.05) is 16.6 Å². The highest BCUT2D eigenvalue weighted by molar-refractivity contribution is 7.85. The third kappa shape index (κ3) is 2.26. The van der Waals surface area contributed by atoms with Crippen molar-refractivity contribution in [1.82, 2.24) is 0 Å². The maximum atomic E-state index is 11.4. The van der Waals surface area contributed by atoms with Crippen molar-refractivity contribution in [2.75, 3.05) is 11.5 Å². The van der Waals surface area contributed by atoms with Crippen LogP contribution in [0.5, 0.6) is 0 Å². The first-order valence-electron chi connectivity index (χ1n) is 4.81. The Kier molecular flexibility index (Phi) is 2.86. The van der Waals surface area contributed by atoms with Crippen LogP contribution in [-0.2, 0) is 22.0 Å². The van der Waals surface area contributed by atoms with Gasteiger partial charge in [0.25, 0.3) is 0 Å². The largest absolute Gasteiger partial charge is 0.481 e. The number of carboxylic acids is 1. The summed E-state index contributed by atoms with van der Waals surface area (Å²) in [4.78, 5) is 10.4. The van der Waals surface area contributed by atoms with Crippen molar-refractivity contribution in [1.29, 1.82) is 0 Å². The van der Waals surface area contributed by atoms with E-state index in [1.54, 1.807) is 0 Å². The molecule has 3 nitrogen and oxygen atoms in total. The summed E-state index contributed by atoms with van der Waals surface area (Å²) in [6.45, 7) is 0. The van der Waals surface area contributed by atoms with Crippen LogP contribution in [0.4, 0.5) is 0 Å². The Bertz CT molecular complexity index is 414. The highest BCUT2D eigenvalue weighted by Crippen LogP contribution is 2.35. The van der Waals surface area contributed by atoms with Crippen LogP contribution in [-0.4, -0.2) is 26.8 Å². The highest BCUT2D eigenvalue weighted by atomic mass is 32.2. The second kappa shape index (κ2) is 4.14. The molecule has 0 aliphatic heterocycles. The van der Waals surface area contributed by atoms with Crippen molar-refractivity contribution >= 4 is 16.8 Å². The summed E-state index contributed by atoms with van der Waals surface area (Å²) in [6, 6.07) is 8.04. The fourth-order valence-corrected chi connectivity index (χ4v) is 3.07. The number of aliphatic carboxylic acids is 1. The first-order valence-corrected chi connectivity index (χ1v) is 6.30. The van der Waals surface area contributed by atoms with Gasteiger partial charge in [0.05, 0.1) is 0 Å². The minimum atomic E-state index is -1.24. The van der Waals surface area contributed by atoms with E-state index in [9.17, 15) is 9.00 Å². The van der Waals surface area contributed by atoms with Crippen LogP contribution in [0, 0.1) is 0 Å². The van der Waals surface area contributed by atoms with Crippen LogP contribution in [0.3, 0.4) is 0 Å². The molecule has 2 unspecified atom stereocenters. The van der Waals surface area contributed by atoms with Crippen LogP contribution in [0.1, 0.15) is 17.0 Å². The normalized spacial score (nSPS) is 20.1. The number of rotatable bonds is 4. The zero-order valence-electron chi connectivity index (χ0n) is 8.18. The van der Waals surface area contributed by atoms with Crippen molar-refractivity contribution in [2.45, 2.75) is 12.3 Å². The molecule has 0 heterocycles. The Balaban J connectivity index is 1.95. The topological polar surface area (TPSA) is 54.4 Å². The number of carboxylic acid groups (broad SMARTS) is 1. The van der Waals surface area contributed by atoms with E-state index in [4.69, 9.17) is 5.11 Å². The minimum Gasteiger partial charge on any atom is -0.481 e. The number of hydrogen-bond donors (Lipinski definition) is 1. The van der Waals surface area contributed by atoms with E-state index >= 15 is 0 Å². The van der Waals surface area contributed by atoms with Gasteiger partial charge in [0.15, 0.2) is 0 Å². The molecular weight excluding hydrogens is 212 g/mol. The van der Waals surface area contributed by atoms with Gasteiger partial charge in [-0.2, -0.15) is 0 Å². The molecule has 1 aromatic rings. The van der Waals surface area contributed by atoms with Crippen LogP contribution in [0.15, 0.2) is 24.3 Å². The zero-order valence-corrected chi connectivity index (χ0v) is 9.00. The predicted molar refractivity (Wildman–Crippen MR) is 58.4 cm³/mol. The zero-order chi connectivity index (χ0) is 10.8. The van der Waals surface area contributed by atoms with Crippen molar-refractivity contribution in [3.63, 3.8) is 0 Å². The fourth-order valence-electron chi connectivity index (χ4n) is 1.93. The van der Waals surface area contributed by atoms with E-state index in [0.29, 0.717) is 11.7 Å². The van der Waals surface area contributed by atoms with E-state index in [1.807, 2.05) is 18.2 Å². The summed E-state index contributed by atoms with van der Waals surface area (Å²) < 4.78 is 11.4. The Morgan fingerprint density at radius 1 is 1.47 bits per heavy atom. The van der Waals surface area contributed by atoms with E-state index in [1.165, 1.54) is 11.1 Å². The van der Waals surface area contributed by atoms with Crippen LogP contribution >= 0.6 is 0 Å². The lowest BCUT2D eigenvalue weighted by molar-refractivity contribution is -0.133. The molecule has 80 valence electrons. The minimum absolute atomic E-state index is 0.237. The van der Waals surface area contributed by atoms with E-state index in [-0.39, 0.29) is 5.75 Å². The van der Waals surface area contributed by atoms with Crippen molar-refractivity contribution < 1.29 is 14.1 Å². The van der Waals surface area contributed by atoms with Gasteiger partial charge >= 0.3 is 5.97 Å². The fraction of sp³-hybridized carbons (Fsp3) is 0.364. The smallest absolute Gasteiger partial charge is 0.316 e. The molecule has 0 radical (unpaired) electrons. The lowest BCUT2D eigenvalue weighted by atomic mass is 9.79. The molecule has 2 rings (SSSR count). The number of carbonyl (C=O) groups is 1. The van der Waals surface area contributed by atoms with Gasteiger partial charge in [0.2, 0.25) is 0 Å². The standard InChI is InChI=1S/C11H12O3S/c12-11(13)7-15(14)6-9-5-8-3-1-2-4-10(8)9/h1-4,9H,5-7H2,(H,12,13). The molecule has 0 saturated heterocycles. The Morgan fingerprint density at radius 2 is 2.20 bits per heavy atom. The summed E-state index contributed by atoms with van der Waals surface area (Å²) >= 11 is 0. The molecule has 0 saturated carbocycles. The Labute approximate surface area is 90.6 Å². The lowest BCUT2D eigenvalue weighted by Gasteiger charge is -2.29. The number of benzene rings is 1. The summed E-state index contributed by atoms with van der Waals surface area (Å²) in [7, 11) is -1.24. The van der Waals surface area contributed by atoms with Gasteiger partial charge < -0.3 is 5.11 Å². The molecule has 0 bridgehead atoms. The highest BCUT2D eigenvalue weighted by Gasteiger charge is 2.27. The average Bonchev–Trinajstić information content (AvgIpc) is 2.13. The molecule has 0 amide bonds. The first kappa shape index (κ1) is 10.4. The van der Waals surface area contributed by atoms with Gasteiger partial charge in [-0.25, -0.2) is 0 Å². The van der Waals surface area contributed by atoms with Crippen LogP contribution in [0.25, 0.3) is 0 Å². The molecule has 2 atom stereocenters. The molecule has 1 aromatic carbocycles. The van der Waals surface area contributed by atoms with Crippen molar-refractivity contribution in [3.8, 4) is 0 Å². The molecular formula is C11H12O3S. The molecule has 0 spiro atoms.